The highest BCUT2D eigenvalue weighted by Crippen LogP contribution is 2.14. The van der Waals surface area contributed by atoms with Crippen LogP contribution in [0.3, 0.4) is 0 Å². The Morgan fingerprint density at radius 2 is 2.56 bits per heavy atom. The van der Waals surface area contributed by atoms with Gasteiger partial charge in [0.2, 0.25) is 0 Å². The van der Waals surface area contributed by atoms with Gasteiger partial charge in [-0.25, -0.2) is 0 Å². The first-order valence-electron chi connectivity index (χ1n) is 2.82. The van der Waals surface area contributed by atoms with Crippen LogP contribution < -0.4 is 5.32 Å². The molecule has 0 saturated carbocycles. The van der Waals surface area contributed by atoms with E-state index in [1.807, 2.05) is 13.1 Å². The van der Waals surface area contributed by atoms with Crippen molar-refractivity contribution in [2.75, 3.05) is 12.4 Å². The molecular formula is C6H10NOP. The second kappa shape index (κ2) is 2.88. The minimum Gasteiger partial charge on any atom is -0.449 e. The number of hydrogen-bond donors (Lipinski definition) is 1. The lowest BCUT2D eigenvalue weighted by Gasteiger charge is -1.86. The molecule has 1 N–H and O–H groups in total. The van der Waals surface area contributed by atoms with Gasteiger partial charge in [-0.1, -0.05) is 0 Å². The second-order valence-electron chi connectivity index (χ2n) is 1.77. The van der Waals surface area contributed by atoms with Gasteiger partial charge in [0.1, 0.15) is 0 Å². The van der Waals surface area contributed by atoms with E-state index in [2.05, 4.69) is 14.6 Å². The predicted molar refractivity (Wildman–Crippen MR) is 41.7 cm³/mol. The van der Waals surface area contributed by atoms with Crippen molar-refractivity contribution in [1.29, 1.82) is 0 Å². The Balaban J connectivity index is 2.74. The van der Waals surface area contributed by atoms with Crippen molar-refractivity contribution in [2.24, 2.45) is 0 Å². The average molecular weight is 143 g/mol. The van der Waals surface area contributed by atoms with Crippen LogP contribution in [0, 0.1) is 0 Å². The highest BCUT2D eigenvalue weighted by atomic mass is 31.0. The summed E-state index contributed by atoms with van der Waals surface area (Å²) in [7, 11) is 4.48. The fourth-order valence-corrected chi connectivity index (χ4v) is 0.828. The maximum atomic E-state index is 5.08. The van der Waals surface area contributed by atoms with Gasteiger partial charge >= 0.3 is 0 Å². The topological polar surface area (TPSA) is 25.2 Å². The van der Waals surface area contributed by atoms with E-state index in [4.69, 9.17) is 4.42 Å². The molecule has 0 saturated heterocycles. The summed E-state index contributed by atoms with van der Waals surface area (Å²) in [4.78, 5) is 0. The molecule has 0 amide bonds. The minimum atomic E-state index is 0.826. The van der Waals surface area contributed by atoms with Crippen LogP contribution in [0.5, 0.6) is 0 Å². The molecule has 1 aromatic rings. The molecule has 1 aromatic heterocycles. The van der Waals surface area contributed by atoms with Gasteiger partial charge in [0.25, 0.3) is 0 Å². The average Bonchev–Trinajstić information content (AvgIpc) is 2.34. The molecule has 1 rings (SSSR count). The summed E-state index contributed by atoms with van der Waals surface area (Å²) in [6, 6.07) is 1.98. The maximum Gasteiger partial charge on any atom is 0.192 e. The molecule has 0 spiro atoms. The summed E-state index contributed by atoms with van der Waals surface area (Å²) >= 11 is 0. The molecule has 0 aliphatic rings. The standard InChI is InChI=1S/C6H10NOP/c1-7-6-2-5(4-9)3-8-6/h2-3,7H,4,9H2,1H3. The highest BCUT2D eigenvalue weighted by Gasteiger charge is 1.94. The molecule has 1 heterocycles. The van der Waals surface area contributed by atoms with Crippen molar-refractivity contribution in [1.82, 2.24) is 0 Å². The number of rotatable bonds is 2. The molecule has 0 aliphatic heterocycles. The fraction of sp³-hybridized carbons (Fsp3) is 0.333. The van der Waals surface area contributed by atoms with Crippen LogP contribution in [0.25, 0.3) is 0 Å². The summed E-state index contributed by atoms with van der Waals surface area (Å²) in [5.41, 5.74) is 1.20. The third-order valence-corrected chi connectivity index (χ3v) is 1.61. The van der Waals surface area contributed by atoms with Crippen LogP contribution in [-0.2, 0) is 6.16 Å². The lowest BCUT2D eigenvalue weighted by Crippen LogP contribution is -1.82. The third-order valence-electron chi connectivity index (χ3n) is 1.14. The zero-order valence-electron chi connectivity index (χ0n) is 5.35. The lowest BCUT2D eigenvalue weighted by molar-refractivity contribution is 0.581. The Kier molecular flexibility index (Phi) is 2.12. The van der Waals surface area contributed by atoms with Crippen molar-refractivity contribution in [3.8, 4) is 0 Å². The summed E-state index contributed by atoms with van der Waals surface area (Å²) in [6.45, 7) is 0. The Bertz CT molecular complexity index is 166. The van der Waals surface area contributed by atoms with Crippen LogP contribution in [0.1, 0.15) is 5.56 Å². The molecular weight excluding hydrogens is 133 g/mol. The van der Waals surface area contributed by atoms with Crippen LogP contribution in [0.15, 0.2) is 16.7 Å². The van der Waals surface area contributed by atoms with E-state index in [-0.39, 0.29) is 0 Å². The van der Waals surface area contributed by atoms with Crippen molar-refractivity contribution in [2.45, 2.75) is 6.16 Å². The Morgan fingerprint density at radius 1 is 1.78 bits per heavy atom. The van der Waals surface area contributed by atoms with Crippen LogP contribution in [0.4, 0.5) is 5.88 Å². The first-order chi connectivity index (χ1) is 4.36. The van der Waals surface area contributed by atoms with E-state index < -0.39 is 0 Å². The zero-order chi connectivity index (χ0) is 6.69. The zero-order valence-corrected chi connectivity index (χ0v) is 6.50. The van der Waals surface area contributed by atoms with Crippen molar-refractivity contribution in [3.05, 3.63) is 17.9 Å². The number of hydrogen-bond acceptors (Lipinski definition) is 2. The molecule has 0 bridgehead atoms. The summed E-state index contributed by atoms with van der Waals surface area (Å²) in [5, 5.41) is 2.91. The minimum absolute atomic E-state index is 0.826. The molecule has 0 aliphatic carbocycles. The van der Waals surface area contributed by atoms with Gasteiger partial charge in [0, 0.05) is 13.1 Å². The van der Waals surface area contributed by atoms with Crippen LogP contribution >= 0.6 is 9.24 Å². The van der Waals surface area contributed by atoms with E-state index >= 15 is 0 Å². The van der Waals surface area contributed by atoms with Gasteiger partial charge in [0.05, 0.1) is 6.26 Å². The first kappa shape index (κ1) is 6.63. The monoisotopic (exact) mass is 143 g/mol. The molecule has 0 aromatic carbocycles. The van der Waals surface area contributed by atoms with E-state index in [1.54, 1.807) is 6.26 Å². The van der Waals surface area contributed by atoms with E-state index in [0.717, 1.165) is 12.0 Å². The Morgan fingerprint density at radius 3 is 2.89 bits per heavy atom. The SMILES string of the molecule is CNc1cc(CP)co1. The van der Waals surface area contributed by atoms with Gasteiger partial charge in [-0.2, -0.15) is 0 Å². The summed E-state index contributed by atoms with van der Waals surface area (Å²) in [6.07, 6.45) is 2.70. The second-order valence-corrected chi connectivity index (χ2v) is 2.18. The molecule has 3 heteroatoms. The summed E-state index contributed by atoms with van der Waals surface area (Å²) < 4.78 is 5.08. The van der Waals surface area contributed by atoms with Crippen LogP contribution in [-0.4, -0.2) is 7.05 Å². The maximum absolute atomic E-state index is 5.08. The Labute approximate surface area is 56.8 Å². The number of nitrogens with one attached hydrogen (secondary N) is 1. The molecule has 2 nitrogen and oxygen atoms in total. The van der Waals surface area contributed by atoms with Crippen LogP contribution in [0.2, 0.25) is 0 Å². The van der Waals surface area contributed by atoms with Crippen molar-refractivity contribution in [3.63, 3.8) is 0 Å². The quantitative estimate of drug-likeness (QED) is 0.637. The molecule has 9 heavy (non-hydrogen) atoms. The summed E-state index contributed by atoms with van der Waals surface area (Å²) in [5.74, 6) is 0.826. The largest absolute Gasteiger partial charge is 0.449 e. The number of furan rings is 1. The van der Waals surface area contributed by atoms with E-state index in [9.17, 15) is 0 Å². The highest BCUT2D eigenvalue weighted by molar-refractivity contribution is 7.15. The van der Waals surface area contributed by atoms with Crippen molar-refractivity contribution >= 4 is 15.1 Å². The molecule has 50 valence electrons. The number of anilines is 1. The normalized spacial score (nSPS) is 9.56. The van der Waals surface area contributed by atoms with Crippen molar-refractivity contribution < 1.29 is 4.42 Å². The molecule has 1 unspecified atom stereocenters. The van der Waals surface area contributed by atoms with E-state index in [0.29, 0.717) is 0 Å². The van der Waals surface area contributed by atoms with Gasteiger partial charge in [-0.3, -0.25) is 0 Å². The molecule has 1 atom stereocenters. The smallest absolute Gasteiger partial charge is 0.192 e. The Hall–Kier alpha value is -0.490. The van der Waals surface area contributed by atoms with Gasteiger partial charge < -0.3 is 9.73 Å². The van der Waals surface area contributed by atoms with E-state index in [1.165, 1.54) is 5.56 Å². The fourth-order valence-electron chi connectivity index (χ4n) is 0.614. The molecule has 0 radical (unpaired) electrons. The van der Waals surface area contributed by atoms with Gasteiger partial charge in [-0.05, 0) is 11.7 Å². The first-order valence-corrected chi connectivity index (χ1v) is 3.63. The third kappa shape index (κ3) is 1.46. The lowest BCUT2D eigenvalue weighted by atomic mass is 10.4. The molecule has 0 fully saturated rings. The van der Waals surface area contributed by atoms with Gasteiger partial charge in [0.15, 0.2) is 5.88 Å². The van der Waals surface area contributed by atoms with Gasteiger partial charge in [-0.15, -0.1) is 9.24 Å². The predicted octanol–water partition coefficient (Wildman–Crippen LogP) is 1.70.